The van der Waals surface area contributed by atoms with Crippen LogP contribution in [-0.2, 0) is 22.0 Å². The standard InChI is InChI=1S/C27H23FN2O4S/c28-23-14-20(16-35(33,34)24-10-4-8-21-9-5-13-29-25(21)24)11-12-22(23)26(31)30-17-27(32,18-30)15-19-6-2-1-3-7-19/h1-14,32H,15-18H2. The number of carbonyl (C=O) groups excluding carboxylic acids is 1. The minimum Gasteiger partial charge on any atom is -0.386 e. The molecule has 3 aromatic carbocycles. The molecule has 0 unspecified atom stereocenters. The molecular formula is C27H23FN2O4S. The number of para-hydroxylation sites is 1. The van der Waals surface area contributed by atoms with Crippen LogP contribution in [0.2, 0.25) is 0 Å². The molecule has 6 nitrogen and oxygen atoms in total. The van der Waals surface area contributed by atoms with E-state index in [1.807, 2.05) is 30.3 Å². The highest BCUT2D eigenvalue weighted by Crippen LogP contribution is 2.29. The summed E-state index contributed by atoms with van der Waals surface area (Å²) >= 11 is 0. The van der Waals surface area contributed by atoms with Crippen LogP contribution in [0.3, 0.4) is 0 Å². The molecule has 1 aromatic heterocycles. The number of hydrogen-bond acceptors (Lipinski definition) is 5. The molecule has 0 spiro atoms. The number of pyridine rings is 1. The molecular weight excluding hydrogens is 467 g/mol. The zero-order valence-electron chi connectivity index (χ0n) is 18.8. The summed E-state index contributed by atoms with van der Waals surface area (Å²) in [6, 6.07) is 21.7. The summed E-state index contributed by atoms with van der Waals surface area (Å²) in [5.74, 6) is -1.75. The summed E-state index contributed by atoms with van der Waals surface area (Å²) in [5.41, 5.74) is 0.354. The van der Waals surface area contributed by atoms with Gasteiger partial charge in [-0.25, -0.2) is 12.8 Å². The Bertz CT molecular complexity index is 1510. The maximum atomic E-state index is 14.9. The van der Waals surface area contributed by atoms with Gasteiger partial charge in [0.15, 0.2) is 9.84 Å². The molecule has 0 saturated carbocycles. The van der Waals surface area contributed by atoms with Gasteiger partial charge in [0.05, 0.1) is 34.8 Å². The van der Waals surface area contributed by atoms with Crippen molar-refractivity contribution in [3.63, 3.8) is 0 Å². The first-order chi connectivity index (χ1) is 16.7. The van der Waals surface area contributed by atoms with Gasteiger partial charge in [-0.2, -0.15) is 0 Å². The van der Waals surface area contributed by atoms with Crippen molar-refractivity contribution in [2.24, 2.45) is 0 Å². The molecule has 0 atom stereocenters. The summed E-state index contributed by atoms with van der Waals surface area (Å²) in [6.07, 6.45) is 1.93. The number of carbonyl (C=O) groups is 1. The number of benzene rings is 3. The molecule has 1 aliphatic rings. The number of nitrogens with zero attached hydrogens (tertiary/aromatic N) is 2. The zero-order chi connectivity index (χ0) is 24.6. The van der Waals surface area contributed by atoms with Crippen LogP contribution < -0.4 is 0 Å². The maximum absolute atomic E-state index is 14.9. The van der Waals surface area contributed by atoms with Crippen molar-refractivity contribution >= 4 is 26.6 Å². The Hall–Kier alpha value is -3.62. The molecule has 35 heavy (non-hydrogen) atoms. The summed E-state index contributed by atoms with van der Waals surface area (Å²) in [7, 11) is -3.80. The first-order valence-electron chi connectivity index (χ1n) is 11.1. The Morgan fingerprint density at radius 2 is 1.71 bits per heavy atom. The lowest BCUT2D eigenvalue weighted by atomic mass is 9.86. The Balaban J connectivity index is 1.30. The van der Waals surface area contributed by atoms with E-state index in [2.05, 4.69) is 4.98 Å². The lowest BCUT2D eigenvalue weighted by Crippen LogP contribution is -2.64. The van der Waals surface area contributed by atoms with Gasteiger partial charge in [-0.05, 0) is 35.4 Å². The molecule has 0 bridgehead atoms. The van der Waals surface area contributed by atoms with Crippen LogP contribution in [-0.4, -0.2) is 48.0 Å². The number of amides is 1. The average molecular weight is 491 g/mol. The zero-order valence-corrected chi connectivity index (χ0v) is 19.6. The van der Waals surface area contributed by atoms with Gasteiger partial charge in [0.1, 0.15) is 11.4 Å². The van der Waals surface area contributed by atoms with Crippen LogP contribution in [0, 0.1) is 5.82 Å². The van der Waals surface area contributed by atoms with Crippen molar-refractivity contribution in [2.45, 2.75) is 22.7 Å². The van der Waals surface area contributed by atoms with E-state index in [0.29, 0.717) is 17.3 Å². The maximum Gasteiger partial charge on any atom is 0.257 e. The Morgan fingerprint density at radius 1 is 0.971 bits per heavy atom. The summed E-state index contributed by atoms with van der Waals surface area (Å²) in [6.45, 7) is 0.203. The Morgan fingerprint density at radius 3 is 2.46 bits per heavy atom. The van der Waals surface area contributed by atoms with Crippen molar-refractivity contribution in [3.05, 3.63) is 108 Å². The van der Waals surface area contributed by atoms with E-state index in [4.69, 9.17) is 0 Å². The minimum atomic E-state index is -3.80. The molecule has 0 radical (unpaired) electrons. The van der Waals surface area contributed by atoms with Crippen molar-refractivity contribution in [2.75, 3.05) is 13.1 Å². The van der Waals surface area contributed by atoms with Gasteiger partial charge in [-0.3, -0.25) is 9.78 Å². The van der Waals surface area contributed by atoms with Crippen LogP contribution in [0.1, 0.15) is 21.5 Å². The smallest absolute Gasteiger partial charge is 0.257 e. The van der Waals surface area contributed by atoms with Gasteiger partial charge in [0.2, 0.25) is 0 Å². The fraction of sp³-hybridized carbons (Fsp3) is 0.185. The van der Waals surface area contributed by atoms with E-state index in [0.717, 1.165) is 11.6 Å². The fourth-order valence-electron chi connectivity index (χ4n) is 4.51. The quantitative estimate of drug-likeness (QED) is 0.445. The van der Waals surface area contributed by atoms with Crippen LogP contribution >= 0.6 is 0 Å². The number of hydrogen-bond donors (Lipinski definition) is 1. The van der Waals surface area contributed by atoms with Crippen LogP contribution in [0.25, 0.3) is 10.9 Å². The second kappa shape index (κ2) is 8.87. The first kappa shape index (κ1) is 23.1. The molecule has 4 aromatic rings. The molecule has 1 amide bonds. The van der Waals surface area contributed by atoms with Gasteiger partial charge in [0.25, 0.3) is 5.91 Å². The SMILES string of the molecule is O=C(c1ccc(CS(=O)(=O)c2cccc3cccnc23)cc1F)N1CC(O)(Cc2ccccc2)C1. The number of rotatable bonds is 6. The molecule has 0 aliphatic carbocycles. The van der Waals surface area contributed by atoms with E-state index in [9.17, 15) is 22.7 Å². The Labute approximate surface area is 202 Å². The largest absolute Gasteiger partial charge is 0.386 e. The molecule has 1 saturated heterocycles. The number of halogens is 1. The predicted molar refractivity (Wildman–Crippen MR) is 130 cm³/mol. The molecule has 2 heterocycles. The summed E-state index contributed by atoms with van der Waals surface area (Å²) in [5, 5.41) is 11.4. The van der Waals surface area contributed by atoms with Gasteiger partial charge in [-0.15, -0.1) is 0 Å². The van der Waals surface area contributed by atoms with Crippen molar-refractivity contribution in [1.82, 2.24) is 9.88 Å². The lowest BCUT2D eigenvalue weighted by molar-refractivity contribution is -0.0800. The minimum absolute atomic E-state index is 0.0782. The molecule has 1 fully saturated rings. The van der Waals surface area contributed by atoms with Crippen LogP contribution in [0.15, 0.2) is 90.0 Å². The second-order valence-corrected chi connectivity index (χ2v) is 10.9. The number of sulfone groups is 1. The average Bonchev–Trinajstić information content (AvgIpc) is 2.82. The Kier molecular flexibility index (Phi) is 5.86. The normalized spacial score (nSPS) is 15.1. The van der Waals surface area contributed by atoms with Crippen LogP contribution in [0.4, 0.5) is 4.39 Å². The summed E-state index contributed by atoms with van der Waals surface area (Å²) < 4.78 is 41.0. The molecule has 1 N–H and O–H groups in total. The van der Waals surface area contributed by atoms with Gasteiger partial charge >= 0.3 is 0 Å². The van der Waals surface area contributed by atoms with Crippen molar-refractivity contribution in [1.29, 1.82) is 0 Å². The number of likely N-dealkylation sites (tertiary alicyclic amines) is 1. The molecule has 8 heteroatoms. The van der Waals surface area contributed by atoms with Gasteiger partial charge in [0, 0.05) is 18.0 Å². The lowest BCUT2D eigenvalue weighted by Gasteiger charge is -2.46. The van der Waals surface area contributed by atoms with Crippen molar-refractivity contribution in [3.8, 4) is 0 Å². The topological polar surface area (TPSA) is 87.6 Å². The predicted octanol–water partition coefficient (Wildman–Crippen LogP) is 3.78. The monoisotopic (exact) mass is 490 g/mol. The fourth-order valence-corrected chi connectivity index (χ4v) is 6.04. The van der Waals surface area contributed by atoms with Gasteiger partial charge < -0.3 is 10.0 Å². The highest BCUT2D eigenvalue weighted by Gasteiger charge is 2.44. The van der Waals surface area contributed by atoms with E-state index >= 15 is 0 Å². The molecule has 178 valence electrons. The summed E-state index contributed by atoms with van der Waals surface area (Å²) in [4.78, 5) is 18.5. The number of aliphatic hydroxyl groups is 1. The second-order valence-electron chi connectivity index (χ2n) is 8.95. The van der Waals surface area contributed by atoms with E-state index in [1.165, 1.54) is 29.3 Å². The highest BCUT2D eigenvalue weighted by atomic mass is 32.2. The number of β-amino-alcohol motifs (C(OH)–C–C–N with tert-alkyl or cyclic N) is 1. The van der Waals surface area contributed by atoms with E-state index in [1.54, 1.807) is 24.3 Å². The third kappa shape index (κ3) is 4.67. The number of aromatic nitrogens is 1. The molecule has 5 rings (SSSR count). The first-order valence-corrected chi connectivity index (χ1v) is 12.8. The number of fused-ring (bicyclic) bond motifs is 1. The van der Waals surface area contributed by atoms with Gasteiger partial charge in [-0.1, -0.05) is 54.6 Å². The third-order valence-corrected chi connectivity index (χ3v) is 7.90. The van der Waals surface area contributed by atoms with E-state index in [-0.39, 0.29) is 29.1 Å². The third-order valence-electron chi connectivity index (χ3n) is 6.18. The highest BCUT2D eigenvalue weighted by molar-refractivity contribution is 7.90. The van der Waals surface area contributed by atoms with E-state index < -0.39 is 32.9 Å². The van der Waals surface area contributed by atoms with Crippen LogP contribution in [0.5, 0.6) is 0 Å². The molecule has 1 aliphatic heterocycles. The van der Waals surface area contributed by atoms with Crippen molar-refractivity contribution < 1.29 is 22.7 Å².